The summed E-state index contributed by atoms with van der Waals surface area (Å²) in [6.45, 7) is 1.97. The first-order chi connectivity index (χ1) is 10.1. The van der Waals surface area contributed by atoms with Crippen LogP contribution in [0, 0.1) is 0 Å². The third-order valence-electron chi connectivity index (χ3n) is 4.12. The zero-order valence-electron chi connectivity index (χ0n) is 11.8. The largest absolute Gasteiger partial charge is 0.496 e. The van der Waals surface area contributed by atoms with Gasteiger partial charge in [-0.1, -0.05) is 29.8 Å². The SMILES string of the molecule is COc1ccc(CC2(c3cccc(Cl)c3)CNC2)cc1Br. The Balaban J connectivity index is 1.89. The van der Waals surface area contributed by atoms with E-state index in [9.17, 15) is 0 Å². The van der Waals surface area contributed by atoms with Crippen molar-refractivity contribution in [3.05, 3.63) is 63.1 Å². The minimum atomic E-state index is 0.138. The molecule has 0 aromatic heterocycles. The lowest BCUT2D eigenvalue weighted by molar-refractivity contribution is 0.274. The molecule has 0 atom stereocenters. The Hall–Kier alpha value is -1.03. The standard InChI is InChI=1S/C17H17BrClNO/c1-21-16-6-5-12(7-15(16)18)9-17(10-20-11-17)13-3-2-4-14(19)8-13/h2-8,20H,9-11H2,1H3. The van der Waals surface area contributed by atoms with Gasteiger partial charge in [-0.15, -0.1) is 0 Å². The van der Waals surface area contributed by atoms with E-state index >= 15 is 0 Å². The molecule has 0 radical (unpaired) electrons. The fraction of sp³-hybridized carbons (Fsp3) is 0.294. The maximum Gasteiger partial charge on any atom is 0.133 e. The van der Waals surface area contributed by atoms with Gasteiger partial charge in [0.05, 0.1) is 11.6 Å². The second-order valence-corrected chi connectivity index (χ2v) is 6.83. The van der Waals surface area contributed by atoms with Crippen molar-refractivity contribution in [1.82, 2.24) is 5.32 Å². The first-order valence-corrected chi connectivity index (χ1v) is 8.09. The molecule has 0 bridgehead atoms. The Bertz CT molecular complexity index is 655. The average Bonchev–Trinajstić information content (AvgIpc) is 2.43. The number of nitrogens with one attached hydrogen (secondary N) is 1. The van der Waals surface area contributed by atoms with Crippen molar-refractivity contribution in [3.63, 3.8) is 0 Å². The van der Waals surface area contributed by atoms with Crippen molar-refractivity contribution in [1.29, 1.82) is 0 Å². The van der Waals surface area contributed by atoms with Crippen LogP contribution < -0.4 is 10.1 Å². The maximum atomic E-state index is 6.16. The summed E-state index contributed by atoms with van der Waals surface area (Å²) in [4.78, 5) is 0. The normalized spacial score (nSPS) is 16.3. The highest BCUT2D eigenvalue weighted by Gasteiger charge is 2.38. The molecule has 1 saturated heterocycles. The summed E-state index contributed by atoms with van der Waals surface area (Å²) >= 11 is 9.72. The van der Waals surface area contributed by atoms with Crippen molar-refractivity contribution in [2.75, 3.05) is 20.2 Å². The van der Waals surface area contributed by atoms with E-state index < -0.39 is 0 Å². The Morgan fingerprint density at radius 2 is 2.05 bits per heavy atom. The maximum absolute atomic E-state index is 6.16. The van der Waals surface area contributed by atoms with Crippen LogP contribution in [0.15, 0.2) is 46.9 Å². The van der Waals surface area contributed by atoms with E-state index in [1.165, 1.54) is 11.1 Å². The van der Waals surface area contributed by atoms with Crippen LogP contribution in [0.5, 0.6) is 5.75 Å². The number of ether oxygens (including phenoxy) is 1. The third-order valence-corrected chi connectivity index (χ3v) is 4.98. The molecule has 0 amide bonds. The van der Waals surface area contributed by atoms with Gasteiger partial charge in [-0.3, -0.25) is 0 Å². The summed E-state index contributed by atoms with van der Waals surface area (Å²) in [5.41, 5.74) is 2.74. The summed E-state index contributed by atoms with van der Waals surface area (Å²) in [6.07, 6.45) is 0.989. The number of rotatable bonds is 4. The lowest BCUT2D eigenvalue weighted by Crippen LogP contribution is -2.58. The van der Waals surface area contributed by atoms with Gasteiger partial charge in [0.15, 0.2) is 0 Å². The van der Waals surface area contributed by atoms with E-state index in [2.05, 4.69) is 45.5 Å². The third kappa shape index (κ3) is 2.96. The molecule has 1 aliphatic rings. The lowest BCUT2D eigenvalue weighted by Gasteiger charge is -2.43. The molecule has 2 aromatic carbocycles. The monoisotopic (exact) mass is 365 g/mol. The Morgan fingerprint density at radius 3 is 2.62 bits per heavy atom. The molecule has 2 aromatic rings. The van der Waals surface area contributed by atoms with Gasteiger partial charge in [0.2, 0.25) is 0 Å². The topological polar surface area (TPSA) is 21.3 Å². The zero-order chi connectivity index (χ0) is 14.9. The number of hydrogen-bond acceptors (Lipinski definition) is 2. The highest BCUT2D eigenvalue weighted by molar-refractivity contribution is 9.10. The van der Waals surface area contributed by atoms with Crippen LogP contribution in [0.25, 0.3) is 0 Å². The van der Waals surface area contributed by atoms with Gasteiger partial charge < -0.3 is 10.1 Å². The highest BCUT2D eigenvalue weighted by atomic mass is 79.9. The van der Waals surface area contributed by atoms with E-state index in [-0.39, 0.29) is 5.41 Å². The summed E-state index contributed by atoms with van der Waals surface area (Å²) in [5.74, 6) is 0.863. The van der Waals surface area contributed by atoms with Crippen LogP contribution in [0.1, 0.15) is 11.1 Å². The predicted molar refractivity (Wildman–Crippen MR) is 90.4 cm³/mol. The van der Waals surface area contributed by atoms with Crippen molar-refractivity contribution in [2.24, 2.45) is 0 Å². The van der Waals surface area contributed by atoms with Crippen LogP contribution in [-0.2, 0) is 11.8 Å². The Kier molecular flexibility index (Phi) is 4.25. The van der Waals surface area contributed by atoms with Crippen molar-refractivity contribution in [2.45, 2.75) is 11.8 Å². The summed E-state index contributed by atoms with van der Waals surface area (Å²) in [6, 6.07) is 14.5. The fourth-order valence-electron chi connectivity index (χ4n) is 2.89. The van der Waals surface area contributed by atoms with Crippen molar-refractivity contribution < 1.29 is 4.74 Å². The second-order valence-electron chi connectivity index (χ2n) is 5.54. The van der Waals surface area contributed by atoms with E-state index in [1.54, 1.807) is 7.11 Å². The molecule has 0 spiro atoms. The van der Waals surface area contributed by atoms with E-state index in [0.29, 0.717) is 0 Å². The molecule has 0 unspecified atom stereocenters. The van der Waals surface area contributed by atoms with Gasteiger partial charge >= 0.3 is 0 Å². The zero-order valence-corrected chi connectivity index (χ0v) is 14.2. The number of benzene rings is 2. The molecule has 0 saturated carbocycles. The summed E-state index contributed by atoms with van der Waals surface area (Å²) in [5, 5.41) is 4.20. The second kappa shape index (κ2) is 5.99. The number of halogens is 2. The van der Waals surface area contributed by atoms with Crippen LogP contribution in [-0.4, -0.2) is 20.2 Å². The smallest absolute Gasteiger partial charge is 0.133 e. The molecule has 1 heterocycles. The van der Waals surface area contributed by atoms with Gasteiger partial charge in [0.1, 0.15) is 5.75 Å². The average molecular weight is 367 g/mol. The molecule has 1 fully saturated rings. The van der Waals surface area contributed by atoms with Crippen molar-refractivity contribution >= 4 is 27.5 Å². The van der Waals surface area contributed by atoms with Crippen LogP contribution >= 0.6 is 27.5 Å². The van der Waals surface area contributed by atoms with E-state index in [0.717, 1.165) is 34.8 Å². The van der Waals surface area contributed by atoms with Gasteiger partial charge in [-0.2, -0.15) is 0 Å². The Morgan fingerprint density at radius 1 is 1.24 bits per heavy atom. The molecule has 0 aliphatic carbocycles. The van der Waals surface area contributed by atoms with E-state index in [4.69, 9.17) is 16.3 Å². The van der Waals surface area contributed by atoms with Crippen molar-refractivity contribution in [3.8, 4) is 5.75 Å². The minimum Gasteiger partial charge on any atom is -0.496 e. The molecule has 4 heteroatoms. The lowest BCUT2D eigenvalue weighted by atomic mass is 9.71. The number of methoxy groups -OCH3 is 1. The first kappa shape index (κ1) is 14.9. The van der Waals surface area contributed by atoms with Crippen LogP contribution in [0.2, 0.25) is 5.02 Å². The summed E-state index contributed by atoms with van der Waals surface area (Å²) in [7, 11) is 1.68. The van der Waals surface area contributed by atoms with Gasteiger partial charge in [0.25, 0.3) is 0 Å². The fourth-order valence-corrected chi connectivity index (χ4v) is 3.67. The molecule has 21 heavy (non-hydrogen) atoms. The quantitative estimate of drug-likeness (QED) is 0.876. The molecule has 110 valence electrons. The van der Waals surface area contributed by atoms with Crippen LogP contribution in [0.3, 0.4) is 0 Å². The van der Waals surface area contributed by atoms with Crippen LogP contribution in [0.4, 0.5) is 0 Å². The molecule has 1 N–H and O–H groups in total. The molecular weight excluding hydrogens is 350 g/mol. The molecule has 1 aliphatic heterocycles. The molecular formula is C17H17BrClNO. The Labute approximate surface area is 138 Å². The summed E-state index contributed by atoms with van der Waals surface area (Å²) < 4.78 is 6.29. The predicted octanol–water partition coefficient (Wildman–Crippen LogP) is 4.19. The van der Waals surface area contributed by atoms with Gasteiger partial charge in [0, 0.05) is 23.5 Å². The minimum absolute atomic E-state index is 0.138. The van der Waals surface area contributed by atoms with E-state index in [1.807, 2.05) is 18.2 Å². The number of hydrogen-bond donors (Lipinski definition) is 1. The molecule has 2 nitrogen and oxygen atoms in total. The first-order valence-electron chi connectivity index (χ1n) is 6.92. The van der Waals surface area contributed by atoms with Gasteiger partial charge in [-0.05, 0) is 57.7 Å². The highest BCUT2D eigenvalue weighted by Crippen LogP contribution is 2.35. The molecule has 3 rings (SSSR count). The van der Waals surface area contributed by atoms with Gasteiger partial charge in [-0.25, -0.2) is 0 Å².